The SMILES string of the molecule is O=Cc1c(C2CCCCC2)[nH]c2c(F)cccc12. The van der Waals surface area contributed by atoms with Gasteiger partial charge in [0.2, 0.25) is 0 Å². The lowest BCUT2D eigenvalue weighted by Crippen LogP contribution is -2.06. The first kappa shape index (κ1) is 11.5. The number of halogens is 1. The maximum atomic E-state index is 13.7. The van der Waals surface area contributed by atoms with Crippen LogP contribution in [0.15, 0.2) is 18.2 Å². The minimum Gasteiger partial charge on any atom is -0.355 e. The number of H-pyrrole nitrogens is 1. The molecule has 3 heteroatoms. The average Bonchev–Trinajstić information content (AvgIpc) is 2.80. The van der Waals surface area contributed by atoms with Crippen LogP contribution in [-0.4, -0.2) is 11.3 Å². The Morgan fingerprint density at radius 3 is 2.72 bits per heavy atom. The predicted molar refractivity (Wildman–Crippen MR) is 69.5 cm³/mol. The standard InChI is InChI=1S/C15H16FNO/c16-13-8-4-7-11-12(9-18)14(17-15(11)13)10-5-2-1-3-6-10/h4,7-10,17H,1-3,5-6H2. The monoisotopic (exact) mass is 245 g/mol. The van der Waals surface area contributed by atoms with Gasteiger partial charge in [0.1, 0.15) is 5.82 Å². The van der Waals surface area contributed by atoms with Crippen LogP contribution in [0.5, 0.6) is 0 Å². The molecule has 1 aliphatic carbocycles. The molecule has 0 aliphatic heterocycles. The highest BCUT2D eigenvalue weighted by Crippen LogP contribution is 2.36. The molecule has 1 N–H and O–H groups in total. The van der Waals surface area contributed by atoms with Crippen LogP contribution in [0, 0.1) is 5.82 Å². The normalized spacial score (nSPS) is 17.2. The zero-order valence-electron chi connectivity index (χ0n) is 10.2. The van der Waals surface area contributed by atoms with Crippen molar-refractivity contribution >= 4 is 17.2 Å². The smallest absolute Gasteiger partial charge is 0.152 e. The summed E-state index contributed by atoms with van der Waals surface area (Å²) in [4.78, 5) is 14.5. The third-order valence-corrected chi connectivity index (χ3v) is 3.98. The van der Waals surface area contributed by atoms with Crippen LogP contribution in [0.4, 0.5) is 4.39 Å². The quantitative estimate of drug-likeness (QED) is 0.791. The van der Waals surface area contributed by atoms with Gasteiger partial charge in [0.25, 0.3) is 0 Å². The summed E-state index contributed by atoms with van der Waals surface area (Å²) >= 11 is 0. The molecule has 0 saturated heterocycles. The van der Waals surface area contributed by atoms with Gasteiger partial charge in [-0.25, -0.2) is 4.39 Å². The maximum Gasteiger partial charge on any atom is 0.152 e. The van der Waals surface area contributed by atoms with Crippen molar-refractivity contribution in [1.29, 1.82) is 0 Å². The van der Waals surface area contributed by atoms with Crippen LogP contribution in [0.1, 0.15) is 54.1 Å². The number of rotatable bonds is 2. The second-order valence-electron chi connectivity index (χ2n) is 5.07. The third-order valence-electron chi connectivity index (χ3n) is 3.98. The number of aromatic amines is 1. The van der Waals surface area contributed by atoms with Crippen molar-refractivity contribution in [2.45, 2.75) is 38.0 Å². The van der Waals surface area contributed by atoms with Gasteiger partial charge in [0.15, 0.2) is 6.29 Å². The lowest BCUT2D eigenvalue weighted by Gasteiger charge is -2.21. The lowest BCUT2D eigenvalue weighted by molar-refractivity contribution is 0.112. The van der Waals surface area contributed by atoms with E-state index in [9.17, 15) is 9.18 Å². The molecule has 2 nitrogen and oxygen atoms in total. The maximum absolute atomic E-state index is 13.7. The zero-order valence-corrected chi connectivity index (χ0v) is 10.2. The largest absolute Gasteiger partial charge is 0.355 e. The fourth-order valence-corrected chi connectivity index (χ4v) is 3.06. The summed E-state index contributed by atoms with van der Waals surface area (Å²) < 4.78 is 13.7. The molecule has 0 bridgehead atoms. The zero-order chi connectivity index (χ0) is 12.5. The Morgan fingerprint density at radius 1 is 1.22 bits per heavy atom. The number of hydrogen-bond donors (Lipinski definition) is 1. The molecule has 1 saturated carbocycles. The molecule has 1 aromatic carbocycles. The van der Waals surface area contributed by atoms with Gasteiger partial charge >= 0.3 is 0 Å². The molecule has 2 aromatic rings. The molecular formula is C15H16FNO. The van der Waals surface area contributed by atoms with Gasteiger partial charge in [-0.05, 0) is 24.8 Å². The van der Waals surface area contributed by atoms with E-state index in [0.29, 0.717) is 22.4 Å². The summed E-state index contributed by atoms with van der Waals surface area (Å²) in [7, 11) is 0. The van der Waals surface area contributed by atoms with Gasteiger partial charge in [-0.15, -0.1) is 0 Å². The van der Waals surface area contributed by atoms with Gasteiger partial charge in [-0.3, -0.25) is 4.79 Å². The predicted octanol–water partition coefficient (Wildman–Crippen LogP) is 4.17. The van der Waals surface area contributed by atoms with E-state index in [2.05, 4.69) is 4.98 Å². The lowest BCUT2D eigenvalue weighted by atomic mass is 9.85. The highest BCUT2D eigenvalue weighted by molar-refractivity contribution is 5.99. The van der Waals surface area contributed by atoms with E-state index in [0.717, 1.165) is 24.8 Å². The number of carbonyl (C=O) groups excluding carboxylic acids is 1. The first-order chi connectivity index (χ1) is 8.81. The fourth-order valence-electron chi connectivity index (χ4n) is 3.06. The number of benzene rings is 1. The van der Waals surface area contributed by atoms with E-state index in [-0.39, 0.29) is 5.82 Å². The molecule has 0 atom stereocenters. The highest BCUT2D eigenvalue weighted by Gasteiger charge is 2.22. The summed E-state index contributed by atoms with van der Waals surface area (Å²) in [6, 6.07) is 4.90. The number of fused-ring (bicyclic) bond motifs is 1. The Hall–Kier alpha value is -1.64. The number of carbonyl (C=O) groups is 1. The van der Waals surface area contributed by atoms with Crippen LogP contribution in [0.2, 0.25) is 0 Å². The first-order valence-electron chi connectivity index (χ1n) is 6.56. The molecule has 0 spiro atoms. The van der Waals surface area contributed by atoms with Crippen LogP contribution >= 0.6 is 0 Å². The van der Waals surface area contributed by atoms with Gasteiger partial charge in [-0.2, -0.15) is 0 Å². The van der Waals surface area contributed by atoms with Gasteiger partial charge in [-0.1, -0.05) is 31.4 Å². The van der Waals surface area contributed by atoms with Crippen molar-refractivity contribution in [1.82, 2.24) is 4.98 Å². The van der Waals surface area contributed by atoms with Crippen LogP contribution in [-0.2, 0) is 0 Å². The number of nitrogens with one attached hydrogen (secondary N) is 1. The van der Waals surface area contributed by atoms with E-state index >= 15 is 0 Å². The van der Waals surface area contributed by atoms with Crippen LogP contribution < -0.4 is 0 Å². The highest BCUT2D eigenvalue weighted by atomic mass is 19.1. The first-order valence-corrected chi connectivity index (χ1v) is 6.56. The summed E-state index contributed by atoms with van der Waals surface area (Å²) in [5, 5.41) is 0.713. The molecule has 1 heterocycles. The molecule has 0 radical (unpaired) electrons. The third kappa shape index (κ3) is 1.74. The molecular weight excluding hydrogens is 229 g/mol. The van der Waals surface area contributed by atoms with Crippen molar-refractivity contribution in [3.63, 3.8) is 0 Å². The topological polar surface area (TPSA) is 32.9 Å². The van der Waals surface area contributed by atoms with Crippen LogP contribution in [0.25, 0.3) is 10.9 Å². The van der Waals surface area contributed by atoms with Gasteiger partial charge in [0.05, 0.1) is 5.52 Å². The Bertz CT molecular complexity index is 581. The van der Waals surface area contributed by atoms with E-state index in [4.69, 9.17) is 0 Å². The summed E-state index contributed by atoms with van der Waals surface area (Å²) in [6.45, 7) is 0. The van der Waals surface area contributed by atoms with Crippen molar-refractivity contribution < 1.29 is 9.18 Å². The fraction of sp³-hybridized carbons (Fsp3) is 0.400. The molecule has 1 fully saturated rings. The van der Waals surface area contributed by atoms with E-state index in [1.807, 2.05) is 6.07 Å². The van der Waals surface area contributed by atoms with Crippen molar-refractivity contribution in [3.05, 3.63) is 35.3 Å². The molecule has 0 amide bonds. The van der Waals surface area contributed by atoms with Crippen molar-refractivity contribution in [2.75, 3.05) is 0 Å². The number of aromatic nitrogens is 1. The second-order valence-corrected chi connectivity index (χ2v) is 5.07. The molecule has 18 heavy (non-hydrogen) atoms. The molecule has 1 aromatic heterocycles. The average molecular weight is 245 g/mol. The Kier molecular flexibility index (Phi) is 2.90. The van der Waals surface area contributed by atoms with Crippen molar-refractivity contribution in [2.24, 2.45) is 0 Å². The molecule has 3 rings (SSSR count). The van der Waals surface area contributed by atoms with E-state index < -0.39 is 0 Å². The molecule has 94 valence electrons. The van der Waals surface area contributed by atoms with Crippen molar-refractivity contribution in [3.8, 4) is 0 Å². The Labute approximate surface area is 105 Å². The Morgan fingerprint density at radius 2 is 2.00 bits per heavy atom. The van der Waals surface area contributed by atoms with E-state index in [1.54, 1.807) is 6.07 Å². The van der Waals surface area contributed by atoms with Gasteiger partial charge < -0.3 is 4.98 Å². The number of hydrogen-bond acceptors (Lipinski definition) is 1. The summed E-state index contributed by atoms with van der Waals surface area (Å²) in [5.74, 6) is 0.100. The number of para-hydroxylation sites is 1. The molecule has 1 aliphatic rings. The van der Waals surface area contributed by atoms with Gasteiger partial charge in [0, 0.05) is 16.6 Å². The minimum absolute atomic E-state index is 0.280. The summed E-state index contributed by atoms with van der Waals surface area (Å²) in [5.41, 5.74) is 2.06. The van der Waals surface area contributed by atoms with E-state index in [1.165, 1.54) is 25.3 Å². The summed E-state index contributed by atoms with van der Waals surface area (Å²) in [6.07, 6.45) is 6.70. The van der Waals surface area contributed by atoms with Crippen LogP contribution in [0.3, 0.4) is 0 Å². The second kappa shape index (κ2) is 4.56. The molecule has 0 unspecified atom stereocenters. The minimum atomic E-state index is -0.280. The number of aldehydes is 1. The Balaban J connectivity index is 2.16.